The van der Waals surface area contributed by atoms with Crippen LogP contribution in [0.5, 0.6) is 0 Å². The first-order chi connectivity index (χ1) is 9.21. The van der Waals surface area contributed by atoms with Crippen LogP contribution in [0.1, 0.15) is 32.1 Å². The van der Waals surface area contributed by atoms with Gasteiger partial charge >= 0.3 is 0 Å². The second kappa shape index (κ2) is 4.08. The van der Waals surface area contributed by atoms with Gasteiger partial charge in [0.1, 0.15) is 0 Å². The summed E-state index contributed by atoms with van der Waals surface area (Å²) < 4.78 is 0. The van der Waals surface area contributed by atoms with Gasteiger partial charge in [-0.05, 0) is 55.8 Å². The largest absolute Gasteiger partial charge is 0.336 e. The van der Waals surface area contributed by atoms with Gasteiger partial charge in [0.2, 0.25) is 5.91 Å². The van der Waals surface area contributed by atoms with E-state index in [0.717, 1.165) is 30.2 Å². The van der Waals surface area contributed by atoms with Crippen LogP contribution >= 0.6 is 0 Å². The third-order valence-electron chi connectivity index (χ3n) is 6.32. The maximum Gasteiger partial charge on any atom is 0.236 e. The molecule has 1 aliphatic heterocycles. The molecule has 4 saturated carbocycles. The quantitative estimate of drug-likeness (QED) is 0.768. The molecule has 5 fully saturated rings. The van der Waals surface area contributed by atoms with Crippen molar-refractivity contribution in [1.82, 2.24) is 10.2 Å². The Hall–Kier alpha value is -0.830. The lowest BCUT2D eigenvalue weighted by Crippen LogP contribution is -2.73. The number of nitrogens with zero attached hydrogens (tertiary/aromatic N) is 1. The monoisotopic (exact) mass is 260 g/mol. The first kappa shape index (κ1) is 12.0. The number of hydrogen-bond donors (Lipinski definition) is 1. The summed E-state index contributed by atoms with van der Waals surface area (Å²) in [6.07, 6.45) is 8.95. The van der Waals surface area contributed by atoms with Crippen LogP contribution in [0, 0.1) is 23.7 Å². The molecule has 0 unspecified atom stereocenters. The standard InChI is InChI=1S/C16H24N2O/c1-2-3-18-10-16(17-9-15(18)19)13-5-11-4-12(7-13)8-14(16)6-11/h2,11-14,17H,1,3-10H2. The number of rotatable bonds is 2. The van der Waals surface area contributed by atoms with Crippen molar-refractivity contribution in [2.45, 2.75) is 37.6 Å². The number of piperazine rings is 1. The molecular formula is C16H24N2O. The SMILES string of the molecule is C=CCN1CC2(NCC1=O)C1CC3CC(C1)CC2C3. The molecule has 1 amide bonds. The third kappa shape index (κ3) is 1.63. The lowest BCUT2D eigenvalue weighted by atomic mass is 9.48. The molecule has 4 aliphatic carbocycles. The summed E-state index contributed by atoms with van der Waals surface area (Å²) in [6, 6.07) is 0. The summed E-state index contributed by atoms with van der Waals surface area (Å²) in [5, 5.41) is 3.69. The van der Waals surface area contributed by atoms with Gasteiger partial charge in [0.15, 0.2) is 0 Å². The third-order valence-corrected chi connectivity index (χ3v) is 6.32. The highest BCUT2D eigenvalue weighted by molar-refractivity contribution is 5.79. The molecule has 0 atom stereocenters. The normalized spacial score (nSPS) is 48.0. The Balaban J connectivity index is 1.62. The zero-order valence-electron chi connectivity index (χ0n) is 11.6. The van der Waals surface area contributed by atoms with Gasteiger partial charge < -0.3 is 10.2 Å². The van der Waals surface area contributed by atoms with E-state index in [4.69, 9.17) is 0 Å². The zero-order valence-corrected chi connectivity index (χ0v) is 11.6. The summed E-state index contributed by atoms with van der Waals surface area (Å²) in [7, 11) is 0. The number of carbonyl (C=O) groups is 1. The molecule has 1 spiro atoms. The van der Waals surface area contributed by atoms with E-state index in [0.29, 0.717) is 13.1 Å². The van der Waals surface area contributed by atoms with Crippen molar-refractivity contribution in [2.75, 3.05) is 19.6 Å². The van der Waals surface area contributed by atoms with Gasteiger partial charge in [0, 0.05) is 18.6 Å². The van der Waals surface area contributed by atoms with E-state index >= 15 is 0 Å². The van der Waals surface area contributed by atoms with Crippen molar-refractivity contribution in [3.8, 4) is 0 Å². The second-order valence-corrected chi connectivity index (χ2v) is 7.26. The Morgan fingerprint density at radius 3 is 2.42 bits per heavy atom. The predicted molar refractivity (Wildman–Crippen MR) is 74.6 cm³/mol. The topological polar surface area (TPSA) is 32.3 Å². The van der Waals surface area contributed by atoms with E-state index in [2.05, 4.69) is 11.9 Å². The first-order valence-electron chi connectivity index (χ1n) is 7.85. The van der Waals surface area contributed by atoms with Gasteiger partial charge in [-0.25, -0.2) is 0 Å². The summed E-state index contributed by atoms with van der Waals surface area (Å²) in [5.74, 6) is 3.84. The smallest absolute Gasteiger partial charge is 0.236 e. The number of hydrogen-bond acceptors (Lipinski definition) is 2. The summed E-state index contributed by atoms with van der Waals surface area (Å²) in [6.45, 7) is 5.98. The molecule has 0 aromatic carbocycles. The molecule has 19 heavy (non-hydrogen) atoms. The van der Waals surface area contributed by atoms with Gasteiger partial charge in [-0.3, -0.25) is 4.79 Å². The molecule has 3 heteroatoms. The molecular weight excluding hydrogens is 236 g/mol. The van der Waals surface area contributed by atoms with Gasteiger partial charge in [0.25, 0.3) is 0 Å². The molecule has 3 nitrogen and oxygen atoms in total. The molecule has 0 aromatic heterocycles. The molecule has 1 saturated heterocycles. The molecule has 4 bridgehead atoms. The Kier molecular flexibility index (Phi) is 2.57. The maximum atomic E-state index is 12.0. The molecule has 5 aliphatic rings. The van der Waals surface area contributed by atoms with E-state index in [1.54, 1.807) is 0 Å². The molecule has 1 heterocycles. The summed E-state index contributed by atoms with van der Waals surface area (Å²) >= 11 is 0. The van der Waals surface area contributed by atoms with Crippen LogP contribution in [0.3, 0.4) is 0 Å². The molecule has 0 radical (unpaired) electrons. The van der Waals surface area contributed by atoms with Crippen molar-refractivity contribution >= 4 is 5.91 Å². The van der Waals surface area contributed by atoms with Crippen LogP contribution in [0.4, 0.5) is 0 Å². The van der Waals surface area contributed by atoms with Gasteiger partial charge in [-0.1, -0.05) is 6.08 Å². The minimum Gasteiger partial charge on any atom is -0.336 e. The van der Waals surface area contributed by atoms with E-state index in [9.17, 15) is 4.79 Å². The van der Waals surface area contributed by atoms with Crippen LogP contribution in [0.15, 0.2) is 12.7 Å². The average molecular weight is 260 g/mol. The lowest BCUT2D eigenvalue weighted by molar-refractivity contribution is -0.145. The van der Waals surface area contributed by atoms with Gasteiger partial charge in [-0.15, -0.1) is 6.58 Å². The Labute approximate surface area is 115 Å². The van der Waals surface area contributed by atoms with Crippen LogP contribution in [-0.2, 0) is 4.79 Å². The maximum absolute atomic E-state index is 12.0. The molecule has 104 valence electrons. The Morgan fingerprint density at radius 1 is 1.21 bits per heavy atom. The number of carbonyl (C=O) groups excluding carboxylic acids is 1. The highest BCUT2D eigenvalue weighted by Gasteiger charge is 2.58. The van der Waals surface area contributed by atoms with E-state index in [1.165, 1.54) is 32.1 Å². The molecule has 0 aromatic rings. The zero-order chi connectivity index (χ0) is 13.0. The second-order valence-electron chi connectivity index (χ2n) is 7.26. The van der Waals surface area contributed by atoms with Crippen LogP contribution < -0.4 is 5.32 Å². The van der Waals surface area contributed by atoms with Crippen LogP contribution in [0.2, 0.25) is 0 Å². The van der Waals surface area contributed by atoms with Crippen LogP contribution in [-0.4, -0.2) is 36.0 Å². The Morgan fingerprint density at radius 2 is 1.84 bits per heavy atom. The van der Waals surface area contributed by atoms with Crippen molar-refractivity contribution in [3.05, 3.63) is 12.7 Å². The van der Waals surface area contributed by atoms with Crippen molar-refractivity contribution in [2.24, 2.45) is 23.7 Å². The number of nitrogens with one attached hydrogen (secondary N) is 1. The average Bonchev–Trinajstić information content (AvgIpc) is 2.39. The highest BCUT2D eigenvalue weighted by Crippen LogP contribution is 2.58. The predicted octanol–water partition coefficient (Wildman–Crippen LogP) is 1.80. The van der Waals surface area contributed by atoms with Crippen LogP contribution in [0.25, 0.3) is 0 Å². The fourth-order valence-electron chi connectivity index (χ4n) is 5.71. The van der Waals surface area contributed by atoms with Crippen molar-refractivity contribution in [3.63, 3.8) is 0 Å². The minimum atomic E-state index is 0.240. The fraction of sp³-hybridized carbons (Fsp3) is 0.812. The van der Waals surface area contributed by atoms with E-state index in [-0.39, 0.29) is 11.4 Å². The van der Waals surface area contributed by atoms with E-state index < -0.39 is 0 Å². The highest BCUT2D eigenvalue weighted by atomic mass is 16.2. The van der Waals surface area contributed by atoms with Crippen molar-refractivity contribution < 1.29 is 4.79 Å². The summed E-state index contributed by atoms with van der Waals surface area (Å²) in [5.41, 5.74) is 0.240. The van der Waals surface area contributed by atoms with Gasteiger partial charge in [0.05, 0.1) is 6.54 Å². The first-order valence-corrected chi connectivity index (χ1v) is 7.85. The molecule has 1 N–H and O–H groups in total. The lowest BCUT2D eigenvalue weighted by Gasteiger charge is -2.63. The Bertz CT molecular complexity index is 389. The molecule has 5 rings (SSSR count). The summed E-state index contributed by atoms with van der Waals surface area (Å²) in [4.78, 5) is 14.1. The van der Waals surface area contributed by atoms with E-state index in [1.807, 2.05) is 11.0 Å². The van der Waals surface area contributed by atoms with Crippen molar-refractivity contribution in [1.29, 1.82) is 0 Å². The van der Waals surface area contributed by atoms with Gasteiger partial charge in [-0.2, -0.15) is 0 Å². The fourth-order valence-corrected chi connectivity index (χ4v) is 5.71. The minimum absolute atomic E-state index is 0.240. The number of amides is 1.